The second kappa shape index (κ2) is 6.06. The summed E-state index contributed by atoms with van der Waals surface area (Å²) in [5, 5.41) is 9.09. The molecule has 0 atom stereocenters. The van der Waals surface area contributed by atoms with Crippen molar-refractivity contribution in [2.45, 2.75) is 13.8 Å². The molecular weight excluding hydrogens is 160 g/mol. The molecule has 0 heterocycles. The van der Waals surface area contributed by atoms with Gasteiger partial charge >= 0.3 is 0 Å². The topological polar surface area (TPSA) is 20.2 Å². The minimum atomic E-state index is 0.0838. The first kappa shape index (κ1) is 11.5. The highest BCUT2D eigenvalue weighted by atomic mass is 16.3. The predicted molar refractivity (Wildman–Crippen MR) is 59.5 cm³/mol. The quantitative estimate of drug-likeness (QED) is 0.678. The summed E-state index contributed by atoms with van der Waals surface area (Å²) in [4.78, 5) is 0. The highest BCUT2D eigenvalue weighted by Gasteiger charge is 1.98. The van der Waals surface area contributed by atoms with Gasteiger partial charge < -0.3 is 5.11 Å². The molecule has 1 N–H and O–H groups in total. The van der Waals surface area contributed by atoms with Gasteiger partial charge in [0.15, 0.2) is 0 Å². The summed E-state index contributed by atoms with van der Waals surface area (Å²) in [7, 11) is 0. The first-order chi connectivity index (χ1) is 6.25. The van der Waals surface area contributed by atoms with Crippen LogP contribution in [0.3, 0.4) is 0 Å². The van der Waals surface area contributed by atoms with E-state index in [1.807, 2.05) is 32.0 Å². The molecule has 1 rings (SSSR count). The van der Waals surface area contributed by atoms with Gasteiger partial charge in [0.1, 0.15) is 5.76 Å². The summed E-state index contributed by atoms with van der Waals surface area (Å²) in [6.07, 6.45) is 1.69. The van der Waals surface area contributed by atoms with Crippen LogP contribution in [0.2, 0.25) is 0 Å². The molecule has 1 heteroatoms. The van der Waals surface area contributed by atoms with Crippen molar-refractivity contribution in [2.24, 2.45) is 0 Å². The molecule has 1 nitrogen and oxygen atoms in total. The van der Waals surface area contributed by atoms with Crippen LogP contribution in [0.5, 0.6) is 0 Å². The fraction of sp³-hybridized carbons (Fsp3) is 0.167. The molecule has 0 aliphatic rings. The third-order valence-electron chi connectivity index (χ3n) is 1.49. The van der Waals surface area contributed by atoms with Gasteiger partial charge in [-0.1, -0.05) is 57.3 Å². The lowest BCUT2D eigenvalue weighted by Crippen LogP contribution is -1.84. The second-order valence-corrected chi connectivity index (χ2v) is 2.24. The lowest BCUT2D eigenvalue weighted by Gasteiger charge is -2.01. The van der Waals surface area contributed by atoms with Gasteiger partial charge in [-0.15, -0.1) is 0 Å². The molecule has 1 aromatic rings. The molecule has 0 aliphatic carbocycles. The monoisotopic (exact) mass is 176 g/mol. The molecule has 0 saturated carbocycles. The Kier molecular flexibility index (Phi) is 5.37. The minimum Gasteiger partial charge on any atom is -0.508 e. The summed E-state index contributed by atoms with van der Waals surface area (Å²) in [6.45, 7) is 11.1. The zero-order valence-corrected chi connectivity index (χ0v) is 8.25. The maximum atomic E-state index is 9.09. The molecule has 0 aromatic heterocycles. The van der Waals surface area contributed by atoms with E-state index in [1.54, 1.807) is 12.1 Å². The molecule has 0 amide bonds. The smallest absolute Gasteiger partial charge is 0.116 e. The molecule has 13 heavy (non-hydrogen) atoms. The van der Waals surface area contributed by atoms with Crippen LogP contribution in [0.25, 0.3) is 11.8 Å². The molecule has 0 aliphatic heterocycles. The van der Waals surface area contributed by atoms with Crippen molar-refractivity contribution in [3.05, 3.63) is 48.6 Å². The van der Waals surface area contributed by atoms with Crippen LogP contribution in [-0.4, -0.2) is 5.11 Å². The van der Waals surface area contributed by atoms with E-state index in [0.29, 0.717) is 0 Å². The Hall–Kier alpha value is -1.50. The van der Waals surface area contributed by atoms with E-state index in [1.165, 1.54) is 0 Å². The Morgan fingerprint density at radius 1 is 1.31 bits per heavy atom. The van der Waals surface area contributed by atoms with Crippen LogP contribution < -0.4 is 0 Å². The number of aliphatic hydroxyl groups is 1. The van der Waals surface area contributed by atoms with Crippen LogP contribution in [0.15, 0.2) is 37.4 Å². The average Bonchev–Trinajstić information content (AvgIpc) is 2.20. The van der Waals surface area contributed by atoms with Gasteiger partial charge in [0, 0.05) is 5.56 Å². The Labute approximate surface area is 80.0 Å². The van der Waals surface area contributed by atoms with E-state index in [-0.39, 0.29) is 5.76 Å². The molecule has 1 aromatic carbocycles. The van der Waals surface area contributed by atoms with Crippen LogP contribution in [0.1, 0.15) is 25.0 Å². The summed E-state index contributed by atoms with van der Waals surface area (Å²) in [5.74, 6) is 0.0838. The largest absolute Gasteiger partial charge is 0.508 e. The van der Waals surface area contributed by atoms with Crippen molar-refractivity contribution in [1.82, 2.24) is 0 Å². The van der Waals surface area contributed by atoms with E-state index in [4.69, 9.17) is 5.11 Å². The van der Waals surface area contributed by atoms with Gasteiger partial charge in [0.25, 0.3) is 0 Å². The minimum absolute atomic E-state index is 0.0838. The third kappa shape index (κ3) is 3.16. The fourth-order valence-corrected chi connectivity index (χ4v) is 0.938. The maximum Gasteiger partial charge on any atom is 0.116 e. The molecule has 0 fully saturated rings. The molecule has 0 unspecified atom stereocenters. The molecule has 70 valence electrons. The molecule has 0 radical (unpaired) electrons. The van der Waals surface area contributed by atoms with Crippen LogP contribution in [0, 0.1) is 0 Å². The highest BCUT2D eigenvalue weighted by molar-refractivity contribution is 5.67. The van der Waals surface area contributed by atoms with Gasteiger partial charge in [-0.25, -0.2) is 0 Å². The predicted octanol–water partition coefficient (Wildman–Crippen LogP) is 3.88. The highest BCUT2D eigenvalue weighted by Crippen LogP contribution is 2.15. The van der Waals surface area contributed by atoms with Crippen molar-refractivity contribution >= 4 is 11.8 Å². The Morgan fingerprint density at radius 3 is 2.23 bits per heavy atom. The number of rotatable bonds is 2. The number of hydrogen-bond acceptors (Lipinski definition) is 1. The normalized spacial score (nSPS) is 8.15. The van der Waals surface area contributed by atoms with Gasteiger partial charge in [-0.05, 0) is 5.56 Å². The fourth-order valence-electron chi connectivity index (χ4n) is 0.938. The van der Waals surface area contributed by atoms with E-state index >= 15 is 0 Å². The lowest BCUT2D eigenvalue weighted by atomic mass is 10.1. The Morgan fingerprint density at radius 2 is 1.85 bits per heavy atom. The summed E-state index contributed by atoms with van der Waals surface area (Å²) in [5.41, 5.74) is 1.64. The van der Waals surface area contributed by atoms with Crippen LogP contribution in [0.4, 0.5) is 0 Å². The van der Waals surface area contributed by atoms with Gasteiger partial charge in [-0.2, -0.15) is 0 Å². The number of benzene rings is 1. The number of aliphatic hydroxyl groups excluding tert-OH is 1. The van der Waals surface area contributed by atoms with Gasteiger partial charge in [0.2, 0.25) is 0 Å². The van der Waals surface area contributed by atoms with Crippen LogP contribution >= 0.6 is 0 Å². The summed E-state index contributed by atoms with van der Waals surface area (Å²) >= 11 is 0. The number of hydrogen-bond donors (Lipinski definition) is 1. The van der Waals surface area contributed by atoms with Crippen molar-refractivity contribution < 1.29 is 5.11 Å². The zero-order chi connectivity index (χ0) is 10.3. The van der Waals surface area contributed by atoms with E-state index in [9.17, 15) is 0 Å². The van der Waals surface area contributed by atoms with Crippen LogP contribution in [-0.2, 0) is 0 Å². The van der Waals surface area contributed by atoms with Crippen molar-refractivity contribution in [3.8, 4) is 0 Å². The summed E-state index contributed by atoms with van der Waals surface area (Å²) in [6, 6.07) is 7.43. The second-order valence-electron chi connectivity index (χ2n) is 2.24. The van der Waals surface area contributed by atoms with Gasteiger partial charge in [-0.3, -0.25) is 0 Å². The molecule has 0 saturated heterocycles. The van der Waals surface area contributed by atoms with E-state index in [2.05, 4.69) is 13.2 Å². The SMILES string of the molecule is C=Cc1ccccc1C(=C)O.CC. The van der Waals surface area contributed by atoms with Crippen molar-refractivity contribution in [1.29, 1.82) is 0 Å². The lowest BCUT2D eigenvalue weighted by molar-refractivity contribution is 0.513. The molecular formula is C12H16O. The first-order valence-electron chi connectivity index (χ1n) is 4.35. The maximum absolute atomic E-state index is 9.09. The zero-order valence-electron chi connectivity index (χ0n) is 8.25. The molecule has 0 spiro atoms. The van der Waals surface area contributed by atoms with E-state index < -0.39 is 0 Å². The third-order valence-corrected chi connectivity index (χ3v) is 1.49. The van der Waals surface area contributed by atoms with Crippen molar-refractivity contribution in [2.75, 3.05) is 0 Å². The molecule has 0 bridgehead atoms. The Bertz CT molecular complexity index is 287. The van der Waals surface area contributed by atoms with Gasteiger partial charge in [0.05, 0.1) is 0 Å². The summed E-state index contributed by atoms with van der Waals surface area (Å²) < 4.78 is 0. The van der Waals surface area contributed by atoms with Crippen molar-refractivity contribution in [3.63, 3.8) is 0 Å². The standard InChI is InChI=1S/C10H10O.C2H6/c1-3-9-6-4-5-7-10(9)8(2)11;1-2/h3-7,11H,1-2H2;1-2H3. The average molecular weight is 176 g/mol. The Balaban J connectivity index is 0.000000671. The van der Waals surface area contributed by atoms with E-state index in [0.717, 1.165) is 11.1 Å². The first-order valence-corrected chi connectivity index (χ1v) is 4.35.